The molecule has 8 nitrogen and oxygen atoms in total. The Balaban J connectivity index is 0.000000298. The molecule has 3 aliphatic rings. The first kappa shape index (κ1) is 21.8. The standard InChI is InChI=1S/C15H22N4O2S.C2HF3O2/c20-22(21,13-2-3-13)19-10-5-15(6-11-19)4-9-18(12-15)14-16-7-1-8-17-14;3-2(4,5)1(6)7/h1,7-8,13H,2-6,9-12H2;(H,6,7). The molecule has 1 aromatic rings. The lowest BCUT2D eigenvalue weighted by molar-refractivity contribution is -0.192. The van der Waals surface area contributed by atoms with Gasteiger partial charge in [-0.1, -0.05) is 0 Å². The van der Waals surface area contributed by atoms with Crippen molar-refractivity contribution in [3.63, 3.8) is 0 Å². The molecule has 3 heterocycles. The number of nitrogens with zero attached hydrogens (tertiary/aromatic N) is 4. The number of carboxylic acids is 1. The van der Waals surface area contributed by atoms with E-state index in [0.29, 0.717) is 13.1 Å². The van der Waals surface area contributed by atoms with Crippen molar-refractivity contribution in [2.24, 2.45) is 5.41 Å². The minimum absolute atomic E-state index is 0.0839. The number of hydrogen-bond donors (Lipinski definition) is 1. The van der Waals surface area contributed by atoms with Crippen LogP contribution < -0.4 is 4.90 Å². The zero-order valence-electron chi connectivity index (χ0n) is 15.7. The summed E-state index contributed by atoms with van der Waals surface area (Å²) in [4.78, 5) is 19.8. The largest absolute Gasteiger partial charge is 0.490 e. The lowest BCUT2D eigenvalue weighted by Crippen LogP contribution is -2.45. The number of aliphatic carboxylic acids is 1. The minimum atomic E-state index is -5.08. The molecule has 1 aliphatic carbocycles. The third-order valence-corrected chi connectivity index (χ3v) is 8.00. The molecule has 1 saturated carbocycles. The summed E-state index contributed by atoms with van der Waals surface area (Å²) in [6.07, 6.45) is 3.20. The molecule has 1 N–H and O–H groups in total. The molecular weight excluding hydrogens is 413 g/mol. The Morgan fingerprint density at radius 1 is 1.10 bits per heavy atom. The molecule has 29 heavy (non-hydrogen) atoms. The van der Waals surface area contributed by atoms with Gasteiger partial charge in [-0.2, -0.15) is 13.2 Å². The van der Waals surface area contributed by atoms with E-state index in [9.17, 15) is 21.6 Å². The number of sulfonamides is 1. The van der Waals surface area contributed by atoms with Gasteiger partial charge in [-0.15, -0.1) is 0 Å². The van der Waals surface area contributed by atoms with Crippen LogP contribution in [0.25, 0.3) is 0 Å². The first-order valence-corrected chi connectivity index (χ1v) is 10.8. The van der Waals surface area contributed by atoms with E-state index < -0.39 is 22.2 Å². The normalized spacial score (nSPS) is 22.2. The highest BCUT2D eigenvalue weighted by Crippen LogP contribution is 2.43. The molecule has 0 atom stereocenters. The Hall–Kier alpha value is -1.95. The van der Waals surface area contributed by atoms with Crippen molar-refractivity contribution in [2.75, 3.05) is 31.1 Å². The zero-order chi connectivity index (χ0) is 21.3. The maximum atomic E-state index is 12.3. The van der Waals surface area contributed by atoms with Gasteiger partial charge in [-0.3, -0.25) is 0 Å². The second-order valence-electron chi connectivity index (χ2n) is 7.67. The average molecular weight is 436 g/mol. The van der Waals surface area contributed by atoms with E-state index in [0.717, 1.165) is 51.1 Å². The number of piperidine rings is 1. The summed E-state index contributed by atoms with van der Waals surface area (Å²) in [5, 5.41) is 7.04. The van der Waals surface area contributed by atoms with Crippen molar-refractivity contribution < 1.29 is 31.5 Å². The monoisotopic (exact) mass is 436 g/mol. The van der Waals surface area contributed by atoms with Gasteiger partial charge < -0.3 is 10.0 Å². The third kappa shape index (κ3) is 5.16. The first-order valence-electron chi connectivity index (χ1n) is 9.35. The summed E-state index contributed by atoms with van der Waals surface area (Å²) >= 11 is 0. The van der Waals surface area contributed by atoms with Gasteiger partial charge in [0.1, 0.15) is 0 Å². The number of rotatable bonds is 3. The second kappa shape index (κ2) is 8.05. The van der Waals surface area contributed by atoms with Gasteiger partial charge in [0.15, 0.2) is 0 Å². The molecule has 3 fully saturated rings. The molecule has 4 rings (SSSR count). The van der Waals surface area contributed by atoms with Gasteiger partial charge in [0.25, 0.3) is 0 Å². The number of carbonyl (C=O) groups is 1. The molecule has 162 valence electrons. The van der Waals surface area contributed by atoms with Crippen LogP contribution in [0, 0.1) is 5.41 Å². The van der Waals surface area contributed by atoms with Crippen LogP contribution in [-0.4, -0.2) is 71.4 Å². The van der Waals surface area contributed by atoms with Gasteiger partial charge in [-0.05, 0) is 43.6 Å². The number of hydrogen-bond acceptors (Lipinski definition) is 6. The van der Waals surface area contributed by atoms with E-state index in [1.54, 1.807) is 16.7 Å². The minimum Gasteiger partial charge on any atom is -0.475 e. The quantitative estimate of drug-likeness (QED) is 0.772. The lowest BCUT2D eigenvalue weighted by Gasteiger charge is -2.38. The molecule has 0 unspecified atom stereocenters. The molecule has 0 aromatic carbocycles. The number of aromatic nitrogens is 2. The highest BCUT2D eigenvalue weighted by Gasteiger charge is 2.46. The van der Waals surface area contributed by atoms with Crippen LogP contribution >= 0.6 is 0 Å². The van der Waals surface area contributed by atoms with E-state index in [2.05, 4.69) is 14.9 Å². The molecule has 0 bridgehead atoms. The fraction of sp³-hybridized carbons (Fsp3) is 0.706. The molecule has 1 spiro atoms. The summed E-state index contributed by atoms with van der Waals surface area (Å²) in [7, 11) is -3.01. The first-order chi connectivity index (χ1) is 13.5. The molecule has 2 saturated heterocycles. The maximum absolute atomic E-state index is 12.3. The Labute approximate surface area is 166 Å². The smallest absolute Gasteiger partial charge is 0.475 e. The predicted octanol–water partition coefficient (Wildman–Crippen LogP) is 1.89. The molecule has 0 amide bonds. The fourth-order valence-corrected chi connectivity index (χ4v) is 5.61. The Morgan fingerprint density at radius 3 is 2.10 bits per heavy atom. The van der Waals surface area contributed by atoms with E-state index >= 15 is 0 Å². The van der Waals surface area contributed by atoms with E-state index in [4.69, 9.17) is 9.90 Å². The molecule has 0 radical (unpaired) electrons. The van der Waals surface area contributed by atoms with Gasteiger partial charge in [-0.25, -0.2) is 27.5 Å². The summed E-state index contributed by atoms with van der Waals surface area (Å²) in [5.74, 6) is -1.96. The highest BCUT2D eigenvalue weighted by atomic mass is 32.2. The van der Waals surface area contributed by atoms with Gasteiger partial charge >= 0.3 is 12.1 Å². The predicted molar refractivity (Wildman–Crippen MR) is 97.7 cm³/mol. The van der Waals surface area contributed by atoms with Crippen LogP contribution in [0.2, 0.25) is 0 Å². The summed E-state index contributed by atoms with van der Waals surface area (Å²) < 4.78 is 58.1. The van der Waals surface area contributed by atoms with E-state index in [1.807, 2.05) is 6.07 Å². The Kier molecular flexibility index (Phi) is 6.04. The average Bonchev–Trinajstić information content (AvgIpc) is 3.46. The van der Waals surface area contributed by atoms with Crippen molar-refractivity contribution in [1.82, 2.24) is 14.3 Å². The van der Waals surface area contributed by atoms with Crippen molar-refractivity contribution in [1.29, 1.82) is 0 Å². The van der Waals surface area contributed by atoms with E-state index in [1.165, 1.54) is 0 Å². The van der Waals surface area contributed by atoms with Crippen molar-refractivity contribution in [2.45, 2.75) is 43.5 Å². The Bertz CT molecular complexity index is 823. The maximum Gasteiger partial charge on any atom is 0.490 e. The van der Waals surface area contributed by atoms with Crippen molar-refractivity contribution in [3.05, 3.63) is 18.5 Å². The highest BCUT2D eigenvalue weighted by molar-refractivity contribution is 7.90. The van der Waals surface area contributed by atoms with Crippen molar-refractivity contribution in [3.8, 4) is 0 Å². The van der Waals surface area contributed by atoms with Gasteiger partial charge in [0.05, 0.1) is 5.25 Å². The number of alkyl halides is 3. The number of anilines is 1. The molecule has 2 aliphatic heterocycles. The van der Waals surface area contributed by atoms with Crippen LogP contribution in [0.1, 0.15) is 32.1 Å². The van der Waals surface area contributed by atoms with Crippen LogP contribution in [0.15, 0.2) is 18.5 Å². The zero-order valence-corrected chi connectivity index (χ0v) is 16.5. The van der Waals surface area contributed by atoms with Gasteiger partial charge in [0.2, 0.25) is 16.0 Å². The third-order valence-electron chi connectivity index (χ3n) is 5.60. The topological polar surface area (TPSA) is 104 Å². The lowest BCUT2D eigenvalue weighted by atomic mass is 9.78. The molecule has 1 aromatic heterocycles. The second-order valence-corrected chi connectivity index (χ2v) is 9.88. The number of halogens is 3. The van der Waals surface area contributed by atoms with Crippen LogP contribution in [0.4, 0.5) is 19.1 Å². The van der Waals surface area contributed by atoms with Gasteiger partial charge in [0, 0.05) is 38.6 Å². The van der Waals surface area contributed by atoms with Crippen LogP contribution in [0.3, 0.4) is 0 Å². The summed E-state index contributed by atoms with van der Waals surface area (Å²) in [6.45, 7) is 3.29. The van der Waals surface area contributed by atoms with E-state index in [-0.39, 0.29) is 10.7 Å². The summed E-state index contributed by atoms with van der Waals surface area (Å²) in [5.41, 5.74) is 0.245. The fourth-order valence-electron chi connectivity index (χ4n) is 3.76. The van der Waals surface area contributed by atoms with Crippen LogP contribution in [-0.2, 0) is 14.8 Å². The SMILES string of the molecule is O=C(O)C(F)(F)F.O=S(=O)(C1CC1)N1CCC2(CCN(c3ncccn3)C2)CC1. The number of carboxylic acid groups (broad SMARTS) is 1. The van der Waals surface area contributed by atoms with Crippen molar-refractivity contribution >= 4 is 21.9 Å². The molecular formula is C17H23F3N4O4S. The summed E-state index contributed by atoms with van der Waals surface area (Å²) in [6, 6.07) is 1.83. The molecule has 12 heteroatoms. The van der Waals surface area contributed by atoms with Crippen LogP contribution in [0.5, 0.6) is 0 Å². The Morgan fingerprint density at radius 2 is 1.62 bits per heavy atom.